The van der Waals surface area contributed by atoms with E-state index in [2.05, 4.69) is 39.1 Å². The molecule has 0 radical (unpaired) electrons. The van der Waals surface area contributed by atoms with Gasteiger partial charge in [-0.05, 0) is 35.4 Å². The molecule has 2 aromatic carbocycles. The first kappa shape index (κ1) is 21.4. The molecule has 0 aliphatic carbocycles. The lowest BCUT2D eigenvalue weighted by Gasteiger charge is -2.26. The van der Waals surface area contributed by atoms with Gasteiger partial charge in [0.05, 0.1) is 12.8 Å². The summed E-state index contributed by atoms with van der Waals surface area (Å²) in [6, 6.07) is 15.0. The number of thiol groups is 2. The second-order valence-electron chi connectivity index (χ2n) is 6.57. The minimum atomic E-state index is -0.292. The van der Waals surface area contributed by atoms with Crippen LogP contribution >= 0.6 is 25.3 Å². The van der Waals surface area contributed by atoms with Crippen LogP contribution in [0, 0.1) is 0 Å². The van der Waals surface area contributed by atoms with Crippen LogP contribution in [0.15, 0.2) is 48.5 Å². The van der Waals surface area contributed by atoms with Gasteiger partial charge in [0.1, 0.15) is 11.5 Å². The van der Waals surface area contributed by atoms with Crippen LogP contribution in [0.2, 0.25) is 0 Å². The third-order valence-corrected chi connectivity index (χ3v) is 4.69. The molecule has 2 rings (SSSR count). The van der Waals surface area contributed by atoms with Crippen molar-refractivity contribution in [3.05, 3.63) is 59.7 Å². The highest BCUT2D eigenvalue weighted by Crippen LogP contribution is 2.33. The highest BCUT2D eigenvalue weighted by molar-refractivity contribution is 7.80. The van der Waals surface area contributed by atoms with Crippen molar-refractivity contribution in [3.63, 3.8) is 0 Å². The molecule has 144 valence electrons. The van der Waals surface area contributed by atoms with E-state index >= 15 is 0 Å². The predicted molar refractivity (Wildman–Crippen MR) is 113 cm³/mol. The Bertz CT molecular complexity index is 702. The van der Waals surface area contributed by atoms with Crippen molar-refractivity contribution < 1.29 is 19.1 Å². The third-order valence-electron chi connectivity index (χ3n) is 4.25. The van der Waals surface area contributed by atoms with Crippen LogP contribution in [-0.2, 0) is 15.0 Å². The quantitative estimate of drug-likeness (QED) is 0.387. The minimum Gasteiger partial charge on any atom is -0.427 e. The number of esters is 2. The van der Waals surface area contributed by atoms with Crippen LogP contribution in [0.1, 0.15) is 37.8 Å². The average molecular weight is 405 g/mol. The fourth-order valence-electron chi connectivity index (χ4n) is 2.59. The van der Waals surface area contributed by atoms with Gasteiger partial charge in [-0.25, -0.2) is 0 Å². The van der Waals surface area contributed by atoms with E-state index in [1.807, 2.05) is 24.3 Å². The molecule has 0 aliphatic rings. The molecule has 0 bridgehead atoms. The lowest BCUT2D eigenvalue weighted by molar-refractivity contribution is -0.134. The number of carbonyl (C=O) groups is 2. The van der Waals surface area contributed by atoms with Gasteiger partial charge in [0, 0.05) is 16.9 Å². The summed E-state index contributed by atoms with van der Waals surface area (Å²) >= 11 is 8.05. The van der Waals surface area contributed by atoms with Gasteiger partial charge >= 0.3 is 11.9 Å². The SMILES string of the molecule is CC(C)(c1ccc(OC(=O)CCS)cc1)c1ccc(OC(=O)CCS)cc1. The molecule has 0 amide bonds. The maximum atomic E-state index is 11.6. The Morgan fingerprint density at radius 1 is 0.741 bits per heavy atom. The summed E-state index contributed by atoms with van der Waals surface area (Å²) < 4.78 is 10.5. The molecular weight excluding hydrogens is 380 g/mol. The van der Waals surface area contributed by atoms with Gasteiger partial charge in [0.25, 0.3) is 0 Å². The Morgan fingerprint density at radius 3 is 1.37 bits per heavy atom. The van der Waals surface area contributed by atoms with Crippen molar-refractivity contribution in [3.8, 4) is 11.5 Å². The number of rotatable bonds is 8. The van der Waals surface area contributed by atoms with Gasteiger partial charge in [-0.2, -0.15) is 25.3 Å². The smallest absolute Gasteiger partial charge is 0.312 e. The number of ether oxygens (including phenoxy) is 2. The first-order valence-corrected chi connectivity index (χ1v) is 9.97. The summed E-state index contributed by atoms with van der Waals surface area (Å²) in [5.74, 6) is 1.38. The predicted octanol–water partition coefficient (Wildman–Crippen LogP) is 4.46. The molecule has 0 saturated heterocycles. The Balaban J connectivity index is 2.10. The van der Waals surface area contributed by atoms with Crippen molar-refractivity contribution in [1.29, 1.82) is 0 Å². The van der Waals surface area contributed by atoms with Crippen molar-refractivity contribution in [1.82, 2.24) is 0 Å². The van der Waals surface area contributed by atoms with E-state index in [4.69, 9.17) is 9.47 Å². The average Bonchev–Trinajstić information content (AvgIpc) is 2.63. The molecule has 27 heavy (non-hydrogen) atoms. The van der Waals surface area contributed by atoms with Crippen LogP contribution in [0.5, 0.6) is 11.5 Å². The normalized spacial score (nSPS) is 11.1. The van der Waals surface area contributed by atoms with Crippen molar-refractivity contribution in [2.24, 2.45) is 0 Å². The van der Waals surface area contributed by atoms with E-state index in [1.165, 1.54) is 0 Å². The molecule has 2 aromatic rings. The summed E-state index contributed by atoms with van der Waals surface area (Å²) in [4.78, 5) is 23.1. The van der Waals surface area contributed by atoms with E-state index in [0.717, 1.165) is 11.1 Å². The van der Waals surface area contributed by atoms with Gasteiger partial charge in [0.2, 0.25) is 0 Å². The topological polar surface area (TPSA) is 52.6 Å². The molecule has 0 saturated carbocycles. The summed E-state index contributed by atoms with van der Waals surface area (Å²) in [6.07, 6.45) is 0.558. The Morgan fingerprint density at radius 2 is 1.07 bits per heavy atom. The van der Waals surface area contributed by atoms with Crippen LogP contribution in [-0.4, -0.2) is 23.4 Å². The maximum Gasteiger partial charge on any atom is 0.312 e. The highest BCUT2D eigenvalue weighted by Gasteiger charge is 2.23. The maximum absolute atomic E-state index is 11.6. The van der Waals surface area contributed by atoms with E-state index in [-0.39, 0.29) is 30.2 Å². The second-order valence-corrected chi connectivity index (χ2v) is 7.46. The highest BCUT2D eigenvalue weighted by atomic mass is 32.1. The molecule has 0 aromatic heterocycles. The van der Waals surface area contributed by atoms with Crippen molar-refractivity contribution in [2.45, 2.75) is 32.1 Å². The molecule has 0 N–H and O–H groups in total. The van der Waals surface area contributed by atoms with Crippen LogP contribution in [0.25, 0.3) is 0 Å². The first-order chi connectivity index (χ1) is 12.9. The zero-order chi connectivity index (χ0) is 19.9. The number of hydrogen-bond donors (Lipinski definition) is 2. The lowest BCUT2D eigenvalue weighted by atomic mass is 9.78. The summed E-state index contributed by atoms with van der Waals surface area (Å²) in [7, 11) is 0. The first-order valence-electron chi connectivity index (χ1n) is 8.71. The van der Waals surface area contributed by atoms with E-state index in [0.29, 0.717) is 23.0 Å². The molecule has 4 nitrogen and oxygen atoms in total. The Kier molecular flexibility index (Phi) is 7.80. The van der Waals surface area contributed by atoms with Gasteiger partial charge in [0.15, 0.2) is 0 Å². The lowest BCUT2D eigenvalue weighted by Crippen LogP contribution is -2.19. The van der Waals surface area contributed by atoms with Crippen molar-refractivity contribution in [2.75, 3.05) is 11.5 Å². The molecule has 0 spiro atoms. The third kappa shape index (κ3) is 6.04. The monoisotopic (exact) mass is 404 g/mol. The Hall–Kier alpha value is -1.92. The molecule has 6 heteroatoms. The second kappa shape index (κ2) is 9.85. The number of benzene rings is 2. The minimum absolute atomic E-state index is 0.263. The van der Waals surface area contributed by atoms with Gasteiger partial charge in [-0.15, -0.1) is 0 Å². The van der Waals surface area contributed by atoms with Gasteiger partial charge in [-0.1, -0.05) is 38.1 Å². The fraction of sp³-hybridized carbons (Fsp3) is 0.333. The fourth-order valence-corrected chi connectivity index (χ4v) is 2.96. The van der Waals surface area contributed by atoms with Crippen LogP contribution in [0.3, 0.4) is 0 Å². The van der Waals surface area contributed by atoms with Crippen LogP contribution in [0.4, 0.5) is 0 Å². The van der Waals surface area contributed by atoms with Gasteiger partial charge in [-0.3, -0.25) is 9.59 Å². The van der Waals surface area contributed by atoms with Crippen molar-refractivity contribution >= 4 is 37.2 Å². The van der Waals surface area contributed by atoms with Gasteiger partial charge < -0.3 is 9.47 Å². The van der Waals surface area contributed by atoms with E-state index in [1.54, 1.807) is 24.3 Å². The molecule has 0 atom stereocenters. The number of carbonyl (C=O) groups excluding carboxylic acids is 2. The summed E-state index contributed by atoms with van der Waals surface area (Å²) in [5.41, 5.74) is 1.90. The Labute approximate surface area is 171 Å². The molecule has 0 fully saturated rings. The van der Waals surface area contributed by atoms with E-state index in [9.17, 15) is 9.59 Å². The zero-order valence-corrected chi connectivity index (χ0v) is 17.3. The van der Waals surface area contributed by atoms with Crippen LogP contribution < -0.4 is 9.47 Å². The molecule has 0 unspecified atom stereocenters. The zero-order valence-electron chi connectivity index (χ0n) is 15.5. The summed E-state index contributed by atoms with van der Waals surface area (Å²) in [5, 5.41) is 0. The number of hydrogen-bond acceptors (Lipinski definition) is 6. The molecule has 0 aliphatic heterocycles. The largest absolute Gasteiger partial charge is 0.427 e. The standard InChI is InChI=1S/C21H24O4S2/c1-21(2,15-3-7-17(8-4-15)24-19(22)11-13-26)16-5-9-18(10-6-16)25-20(23)12-14-27/h3-10,26-27H,11-14H2,1-2H3. The summed E-state index contributed by atoms with van der Waals surface area (Å²) in [6.45, 7) is 4.22. The van der Waals surface area contributed by atoms with E-state index < -0.39 is 0 Å². The molecular formula is C21H24O4S2. The molecule has 0 heterocycles.